The predicted octanol–water partition coefficient (Wildman–Crippen LogP) is 4.85. The van der Waals surface area contributed by atoms with Gasteiger partial charge in [-0.2, -0.15) is 13.2 Å². The Labute approximate surface area is 149 Å². The van der Waals surface area contributed by atoms with Gasteiger partial charge in [0.05, 0.1) is 11.1 Å². The molecule has 2 aromatic rings. The molecule has 126 valence electrons. The lowest BCUT2D eigenvalue weighted by atomic mass is 9.91. The van der Waals surface area contributed by atoms with Gasteiger partial charge in [-0.3, -0.25) is 4.79 Å². The van der Waals surface area contributed by atoms with Crippen LogP contribution in [0.25, 0.3) is 0 Å². The highest BCUT2D eigenvalue weighted by Crippen LogP contribution is 2.34. The molecule has 1 N–H and O–H groups in total. The Morgan fingerprint density at radius 1 is 1.12 bits per heavy atom. The monoisotopic (exact) mass is 397 g/mol. The second-order valence-corrected chi connectivity index (χ2v) is 5.63. The molecule has 0 bridgehead atoms. The summed E-state index contributed by atoms with van der Waals surface area (Å²) in [7, 11) is 5.66. The standard InChI is InChI=1S/C15H10BBrF3NO.C2H6/c1-8-6-10(3-5-13(8)16)21-14(22)11-4-2-9(17)7-12(11)15(18,19)20;1-2/h2-7H,1H3,(H,21,22);1-2H3. The highest BCUT2D eigenvalue weighted by Gasteiger charge is 2.35. The Hall–Kier alpha value is -1.76. The summed E-state index contributed by atoms with van der Waals surface area (Å²) in [6, 6.07) is 8.11. The number of rotatable bonds is 2. The maximum absolute atomic E-state index is 13.0. The average molecular weight is 398 g/mol. The van der Waals surface area contributed by atoms with Gasteiger partial charge in [0.2, 0.25) is 0 Å². The lowest BCUT2D eigenvalue weighted by molar-refractivity contribution is -0.137. The SMILES string of the molecule is CC.[B]c1ccc(NC(=O)c2ccc(Br)cc2C(F)(F)F)cc1C. The van der Waals surface area contributed by atoms with Crippen molar-refractivity contribution in [3.63, 3.8) is 0 Å². The number of hydrogen-bond donors (Lipinski definition) is 1. The zero-order valence-electron chi connectivity index (χ0n) is 13.5. The van der Waals surface area contributed by atoms with Crippen LogP contribution >= 0.6 is 15.9 Å². The second-order valence-electron chi connectivity index (χ2n) is 4.71. The topological polar surface area (TPSA) is 29.1 Å². The zero-order valence-corrected chi connectivity index (χ0v) is 15.0. The fourth-order valence-electron chi connectivity index (χ4n) is 1.90. The summed E-state index contributed by atoms with van der Waals surface area (Å²) in [6.07, 6.45) is -4.62. The molecular formula is C17H16BBrF3NO. The first-order chi connectivity index (χ1) is 11.2. The Kier molecular flexibility index (Phi) is 7.08. The molecule has 1 amide bonds. The molecule has 0 aliphatic heterocycles. The molecule has 2 radical (unpaired) electrons. The number of halogens is 4. The van der Waals surface area contributed by atoms with Gasteiger partial charge in [0, 0.05) is 10.2 Å². The third-order valence-corrected chi connectivity index (χ3v) is 3.55. The van der Waals surface area contributed by atoms with E-state index in [4.69, 9.17) is 7.85 Å². The molecule has 0 unspecified atom stereocenters. The lowest BCUT2D eigenvalue weighted by Crippen LogP contribution is -2.19. The van der Waals surface area contributed by atoms with E-state index in [1.165, 1.54) is 12.1 Å². The third kappa shape index (κ3) is 5.13. The Bertz CT molecular complexity index is 732. The molecule has 0 saturated carbocycles. The number of alkyl halides is 3. The molecule has 0 atom stereocenters. The molecule has 2 nitrogen and oxygen atoms in total. The average Bonchev–Trinajstić information content (AvgIpc) is 2.52. The first-order valence-corrected chi connectivity index (χ1v) is 8.02. The van der Waals surface area contributed by atoms with Crippen LogP contribution in [0.3, 0.4) is 0 Å². The summed E-state index contributed by atoms with van der Waals surface area (Å²) < 4.78 is 39.3. The predicted molar refractivity (Wildman–Crippen MR) is 95.0 cm³/mol. The summed E-state index contributed by atoms with van der Waals surface area (Å²) in [5, 5.41) is 2.45. The third-order valence-electron chi connectivity index (χ3n) is 3.06. The number of anilines is 1. The van der Waals surface area contributed by atoms with Crippen LogP contribution < -0.4 is 10.8 Å². The number of carbonyl (C=O) groups is 1. The number of aryl methyl sites for hydroxylation is 1. The van der Waals surface area contributed by atoms with Crippen molar-refractivity contribution >= 4 is 40.8 Å². The van der Waals surface area contributed by atoms with Crippen LogP contribution in [0.5, 0.6) is 0 Å². The van der Waals surface area contributed by atoms with Crippen molar-refractivity contribution in [3.05, 3.63) is 57.6 Å². The van der Waals surface area contributed by atoms with Crippen LogP contribution in [0, 0.1) is 6.92 Å². The summed E-state index contributed by atoms with van der Waals surface area (Å²) >= 11 is 2.98. The van der Waals surface area contributed by atoms with Gasteiger partial charge in [-0.25, -0.2) is 0 Å². The van der Waals surface area contributed by atoms with Gasteiger partial charge in [-0.15, -0.1) is 0 Å². The summed E-state index contributed by atoms with van der Waals surface area (Å²) in [6.45, 7) is 5.74. The first kappa shape index (κ1) is 20.3. The second kappa shape index (κ2) is 8.37. The normalized spacial score (nSPS) is 10.6. The van der Waals surface area contributed by atoms with Crippen LogP contribution in [0.15, 0.2) is 40.9 Å². The van der Waals surface area contributed by atoms with Crippen LogP contribution in [-0.2, 0) is 6.18 Å². The van der Waals surface area contributed by atoms with E-state index in [-0.39, 0.29) is 4.47 Å². The summed E-state index contributed by atoms with van der Waals surface area (Å²) in [4.78, 5) is 12.1. The fourth-order valence-corrected chi connectivity index (χ4v) is 2.26. The number of amides is 1. The molecule has 0 aromatic heterocycles. The Morgan fingerprint density at radius 2 is 1.75 bits per heavy atom. The minimum atomic E-state index is -4.62. The van der Waals surface area contributed by atoms with Gasteiger partial charge >= 0.3 is 6.18 Å². The number of carbonyl (C=O) groups excluding carboxylic acids is 1. The number of hydrogen-bond acceptors (Lipinski definition) is 1. The maximum Gasteiger partial charge on any atom is 0.417 e. The Morgan fingerprint density at radius 3 is 2.29 bits per heavy atom. The molecule has 2 aromatic carbocycles. The van der Waals surface area contributed by atoms with Crippen molar-refractivity contribution in [1.82, 2.24) is 0 Å². The van der Waals surface area contributed by atoms with E-state index in [2.05, 4.69) is 21.2 Å². The minimum absolute atomic E-state index is 0.250. The highest BCUT2D eigenvalue weighted by atomic mass is 79.9. The number of nitrogens with one attached hydrogen (secondary N) is 1. The van der Waals surface area contributed by atoms with Gasteiger partial charge in [-0.05, 0) is 37.3 Å². The minimum Gasteiger partial charge on any atom is -0.322 e. The molecule has 0 spiro atoms. The van der Waals surface area contributed by atoms with Crippen molar-refractivity contribution in [2.75, 3.05) is 5.32 Å². The molecule has 0 aliphatic carbocycles. The van der Waals surface area contributed by atoms with E-state index < -0.39 is 23.2 Å². The van der Waals surface area contributed by atoms with E-state index in [0.29, 0.717) is 11.2 Å². The smallest absolute Gasteiger partial charge is 0.322 e. The van der Waals surface area contributed by atoms with Gasteiger partial charge in [0.25, 0.3) is 5.91 Å². The van der Waals surface area contributed by atoms with Crippen LogP contribution in [-0.4, -0.2) is 13.8 Å². The largest absolute Gasteiger partial charge is 0.417 e. The molecular weight excluding hydrogens is 382 g/mol. The van der Waals surface area contributed by atoms with Crippen molar-refractivity contribution < 1.29 is 18.0 Å². The van der Waals surface area contributed by atoms with Crippen molar-refractivity contribution in [3.8, 4) is 0 Å². The van der Waals surface area contributed by atoms with Gasteiger partial charge in [0.1, 0.15) is 7.85 Å². The molecule has 0 aliphatic rings. The number of benzene rings is 2. The van der Waals surface area contributed by atoms with E-state index in [1.807, 2.05) is 13.8 Å². The summed E-state index contributed by atoms with van der Waals surface area (Å²) in [5.41, 5.74) is 0.215. The van der Waals surface area contributed by atoms with Gasteiger partial charge < -0.3 is 5.32 Å². The highest BCUT2D eigenvalue weighted by molar-refractivity contribution is 9.10. The molecule has 0 fully saturated rings. The molecule has 7 heteroatoms. The first-order valence-electron chi connectivity index (χ1n) is 7.22. The quantitative estimate of drug-likeness (QED) is 0.721. The molecule has 0 saturated heterocycles. The molecule has 0 heterocycles. The van der Waals surface area contributed by atoms with E-state index in [1.54, 1.807) is 19.1 Å². The lowest BCUT2D eigenvalue weighted by Gasteiger charge is -2.14. The van der Waals surface area contributed by atoms with Crippen molar-refractivity contribution in [2.24, 2.45) is 0 Å². The van der Waals surface area contributed by atoms with Crippen LogP contribution in [0.4, 0.5) is 18.9 Å². The fraction of sp³-hybridized carbons (Fsp3) is 0.235. The van der Waals surface area contributed by atoms with Crippen LogP contribution in [0.1, 0.15) is 35.3 Å². The van der Waals surface area contributed by atoms with Crippen molar-refractivity contribution in [1.29, 1.82) is 0 Å². The van der Waals surface area contributed by atoms with E-state index >= 15 is 0 Å². The van der Waals surface area contributed by atoms with Gasteiger partial charge in [-0.1, -0.05) is 46.9 Å². The van der Waals surface area contributed by atoms with Crippen molar-refractivity contribution in [2.45, 2.75) is 26.9 Å². The summed E-state index contributed by atoms with van der Waals surface area (Å²) in [5.74, 6) is -0.830. The van der Waals surface area contributed by atoms with E-state index in [0.717, 1.165) is 17.7 Å². The van der Waals surface area contributed by atoms with Gasteiger partial charge in [0.15, 0.2) is 0 Å². The van der Waals surface area contributed by atoms with Crippen LogP contribution in [0.2, 0.25) is 0 Å². The maximum atomic E-state index is 13.0. The Balaban J connectivity index is 0.00000139. The molecule has 24 heavy (non-hydrogen) atoms. The van der Waals surface area contributed by atoms with E-state index in [9.17, 15) is 18.0 Å². The molecule has 2 rings (SSSR count). The zero-order chi connectivity index (χ0) is 18.5.